The summed E-state index contributed by atoms with van der Waals surface area (Å²) < 4.78 is 0. The molecular formula is C16H32O4. The third-order valence-electron chi connectivity index (χ3n) is 4.59. The normalized spacial score (nSPS) is 17.4. The summed E-state index contributed by atoms with van der Waals surface area (Å²) in [5.41, 5.74) is -1.05. The van der Waals surface area contributed by atoms with Gasteiger partial charge in [-0.25, -0.2) is 10.1 Å². The van der Waals surface area contributed by atoms with Crippen molar-refractivity contribution in [1.82, 2.24) is 0 Å². The highest BCUT2D eigenvalue weighted by molar-refractivity contribution is 5.78. The largest absolute Gasteiger partial charge is 0.352 e. The van der Waals surface area contributed by atoms with Gasteiger partial charge in [0.2, 0.25) is 0 Å². The van der Waals surface area contributed by atoms with E-state index in [2.05, 4.69) is 37.6 Å². The van der Waals surface area contributed by atoms with Gasteiger partial charge in [-0.1, -0.05) is 61.8 Å². The van der Waals surface area contributed by atoms with E-state index in [1.165, 1.54) is 0 Å². The molecule has 0 bridgehead atoms. The molecule has 120 valence electrons. The Hall–Kier alpha value is -0.610. The van der Waals surface area contributed by atoms with Gasteiger partial charge in [0.15, 0.2) is 0 Å². The SMILES string of the molecule is CCCC(C(C)(C)C)C(CC)(C(=O)OOO)C(C)(C)C. The van der Waals surface area contributed by atoms with Gasteiger partial charge in [0.1, 0.15) is 0 Å². The van der Waals surface area contributed by atoms with E-state index in [4.69, 9.17) is 5.26 Å². The third-order valence-corrected chi connectivity index (χ3v) is 4.59. The number of hydrogen-bond acceptors (Lipinski definition) is 4. The van der Waals surface area contributed by atoms with Gasteiger partial charge in [0.05, 0.1) is 5.41 Å². The van der Waals surface area contributed by atoms with Crippen molar-refractivity contribution in [3.8, 4) is 0 Å². The van der Waals surface area contributed by atoms with E-state index in [-0.39, 0.29) is 16.7 Å². The van der Waals surface area contributed by atoms with E-state index in [9.17, 15) is 4.79 Å². The van der Waals surface area contributed by atoms with Crippen LogP contribution in [0.1, 0.15) is 74.7 Å². The zero-order chi connectivity index (χ0) is 16.2. The molecule has 4 heteroatoms. The molecule has 0 saturated carbocycles. The maximum Gasteiger partial charge on any atom is 0.352 e. The summed E-state index contributed by atoms with van der Waals surface area (Å²) in [6.07, 6.45) is 2.56. The molecular weight excluding hydrogens is 256 g/mol. The molecule has 2 atom stereocenters. The molecule has 0 spiro atoms. The minimum atomic E-state index is -0.704. The summed E-state index contributed by atoms with van der Waals surface area (Å²) in [5, 5.41) is 12.2. The van der Waals surface area contributed by atoms with Crippen molar-refractivity contribution in [2.45, 2.75) is 74.7 Å². The van der Waals surface area contributed by atoms with Crippen LogP contribution < -0.4 is 0 Å². The minimum Gasteiger partial charge on any atom is -0.268 e. The smallest absolute Gasteiger partial charge is 0.268 e. The quantitative estimate of drug-likeness (QED) is 0.561. The Morgan fingerprint density at radius 1 is 1.10 bits per heavy atom. The fourth-order valence-electron chi connectivity index (χ4n) is 3.71. The van der Waals surface area contributed by atoms with Gasteiger partial charge < -0.3 is 0 Å². The Balaban J connectivity index is 5.99. The molecule has 1 N–H and O–H groups in total. The first kappa shape index (κ1) is 19.4. The van der Waals surface area contributed by atoms with Crippen molar-refractivity contribution in [3.05, 3.63) is 0 Å². The van der Waals surface area contributed by atoms with Crippen LogP contribution in [-0.4, -0.2) is 11.2 Å². The summed E-state index contributed by atoms with van der Waals surface area (Å²) in [4.78, 5) is 17.2. The molecule has 0 radical (unpaired) electrons. The molecule has 0 aromatic carbocycles. The summed E-state index contributed by atoms with van der Waals surface area (Å²) in [7, 11) is 0. The summed E-state index contributed by atoms with van der Waals surface area (Å²) in [6, 6.07) is 0. The average Bonchev–Trinajstić information content (AvgIpc) is 2.26. The van der Waals surface area contributed by atoms with E-state index in [0.29, 0.717) is 6.42 Å². The van der Waals surface area contributed by atoms with E-state index < -0.39 is 11.4 Å². The zero-order valence-corrected chi connectivity index (χ0v) is 14.4. The van der Waals surface area contributed by atoms with Crippen molar-refractivity contribution in [3.63, 3.8) is 0 Å². The highest BCUT2D eigenvalue weighted by atomic mass is 17.5. The Labute approximate surface area is 123 Å². The van der Waals surface area contributed by atoms with E-state index in [1.54, 1.807) is 0 Å². The second kappa shape index (κ2) is 6.90. The van der Waals surface area contributed by atoms with Gasteiger partial charge in [-0.15, -0.1) is 0 Å². The van der Waals surface area contributed by atoms with Gasteiger partial charge in [0, 0.05) is 0 Å². The van der Waals surface area contributed by atoms with Gasteiger partial charge in [-0.2, -0.15) is 0 Å². The lowest BCUT2D eigenvalue weighted by atomic mass is 9.51. The van der Waals surface area contributed by atoms with Gasteiger partial charge in [-0.05, 0) is 34.6 Å². The predicted octanol–water partition coefficient (Wildman–Crippen LogP) is 4.84. The van der Waals surface area contributed by atoms with Crippen LogP contribution in [0.25, 0.3) is 0 Å². The van der Waals surface area contributed by atoms with Gasteiger partial charge in [-0.3, -0.25) is 4.89 Å². The molecule has 0 aromatic heterocycles. The first-order valence-electron chi connectivity index (χ1n) is 7.51. The van der Waals surface area contributed by atoms with Crippen molar-refractivity contribution in [1.29, 1.82) is 0 Å². The van der Waals surface area contributed by atoms with Crippen LogP contribution in [0.15, 0.2) is 0 Å². The highest BCUT2D eigenvalue weighted by Gasteiger charge is 2.57. The third kappa shape index (κ3) is 3.73. The molecule has 0 amide bonds. The zero-order valence-electron chi connectivity index (χ0n) is 14.4. The molecule has 0 rings (SSSR count). The standard InChI is InChI=1S/C16H32O4/c1-9-11-12(14(3,4)5)16(10-2,15(6,7)8)13(17)19-20-18/h12,18H,9-11H2,1-8H3. The first-order chi connectivity index (χ1) is 8.98. The lowest BCUT2D eigenvalue weighted by Gasteiger charge is -2.51. The summed E-state index contributed by atoms with van der Waals surface area (Å²) in [5.74, 6) is -0.351. The van der Waals surface area contributed by atoms with Gasteiger partial charge in [0.25, 0.3) is 0 Å². The Kier molecular flexibility index (Phi) is 6.69. The van der Waals surface area contributed by atoms with Gasteiger partial charge >= 0.3 is 5.97 Å². The molecule has 0 saturated heterocycles. The molecule has 0 aliphatic carbocycles. The monoisotopic (exact) mass is 288 g/mol. The van der Waals surface area contributed by atoms with Crippen molar-refractivity contribution in [2.24, 2.45) is 22.2 Å². The highest BCUT2D eigenvalue weighted by Crippen LogP contribution is 2.55. The maximum absolute atomic E-state index is 12.6. The van der Waals surface area contributed by atoms with E-state index >= 15 is 0 Å². The van der Waals surface area contributed by atoms with Crippen LogP contribution in [0, 0.1) is 22.2 Å². The molecule has 0 heterocycles. The molecule has 4 nitrogen and oxygen atoms in total. The number of rotatable bonds is 6. The van der Waals surface area contributed by atoms with Crippen molar-refractivity contribution in [2.75, 3.05) is 0 Å². The summed E-state index contributed by atoms with van der Waals surface area (Å²) in [6.45, 7) is 16.7. The number of carbonyl (C=O) groups is 1. The number of hydrogen-bond donors (Lipinski definition) is 1. The van der Waals surface area contributed by atoms with E-state index in [0.717, 1.165) is 12.8 Å². The number of carbonyl (C=O) groups excluding carboxylic acids is 1. The summed E-state index contributed by atoms with van der Waals surface area (Å²) >= 11 is 0. The molecule has 0 fully saturated rings. The molecule has 0 aliphatic rings. The Morgan fingerprint density at radius 3 is 1.85 bits per heavy atom. The second-order valence-corrected chi connectivity index (χ2v) is 7.73. The molecule has 0 aliphatic heterocycles. The lowest BCUT2D eigenvalue weighted by Crippen LogP contribution is -2.53. The van der Waals surface area contributed by atoms with Crippen LogP contribution in [0.3, 0.4) is 0 Å². The van der Waals surface area contributed by atoms with Crippen molar-refractivity contribution >= 4 is 5.97 Å². The molecule has 2 unspecified atom stereocenters. The van der Waals surface area contributed by atoms with E-state index in [1.807, 2.05) is 27.7 Å². The predicted molar refractivity (Wildman–Crippen MR) is 79.8 cm³/mol. The lowest BCUT2D eigenvalue weighted by molar-refractivity contribution is -0.467. The maximum atomic E-state index is 12.6. The second-order valence-electron chi connectivity index (χ2n) is 7.73. The Morgan fingerprint density at radius 2 is 1.60 bits per heavy atom. The van der Waals surface area contributed by atoms with Crippen molar-refractivity contribution < 1.29 is 20.0 Å². The van der Waals surface area contributed by atoms with Crippen LogP contribution in [0.5, 0.6) is 0 Å². The fraction of sp³-hybridized carbons (Fsp3) is 0.938. The fourth-order valence-corrected chi connectivity index (χ4v) is 3.71. The topological polar surface area (TPSA) is 55.8 Å². The van der Waals surface area contributed by atoms with Crippen LogP contribution in [0.4, 0.5) is 0 Å². The van der Waals surface area contributed by atoms with Crippen LogP contribution in [-0.2, 0) is 14.7 Å². The average molecular weight is 288 g/mol. The molecule has 0 aromatic rings. The first-order valence-corrected chi connectivity index (χ1v) is 7.51. The minimum absolute atomic E-state index is 0.0478. The van der Waals surface area contributed by atoms with Crippen LogP contribution >= 0.6 is 0 Å². The van der Waals surface area contributed by atoms with Crippen LogP contribution in [0.2, 0.25) is 0 Å². The molecule has 20 heavy (non-hydrogen) atoms. The Bertz CT molecular complexity index is 311.